The van der Waals surface area contributed by atoms with Crippen LogP contribution in [0.4, 0.5) is 18.9 Å². The van der Waals surface area contributed by atoms with Gasteiger partial charge in [0.15, 0.2) is 5.65 Å². The van der Waals surface area contributed by atoms with E-state index in [4.69, 9.17) is 4.74 Å². The van der Waals surface area contributed by atoms with Crippen molar-refractivity contribution < 1.29 is 22.7 Å². The van der Waals surface area contributed by atoms with Gasteiger partial charge in [0.25, 0.3) is 5.91 Å². The summed E-state index contributed by atoms with van der Waals surface area (Å²) in [4.78, 5) is 16.7. The molecule has 168 valence electrons. The molecule has 0 radical (unpaired) electrons. The van der Waals surface area contributed by atoms with Gasteiger partial charge in [-0.1, -0.05) is 12.1 Å². The van der Waals surface area contributed by atoms with Crippen LogP contribution in [-0.2, 0) is 6.18 Å². The molecule has 2 saturated heterocycles. The number of rotatable bonds is 4. The van der Waals surface area contributed by atoms with E-state index in [1.807, 2.05) is 6.92 Å². The molecule has 5 rings (SSSR count). The van der Waals surface area contributed by atoms with Gasteiger partial charge in [-0.25, -0.2) is 0 Å². The summed E-state index contributed by atoms with van der Waals surface area (Å²) < 4.78 is 47.4. The Bertz CT molecular complexity index is 1150. The van der Waals surface area contributed by atoms with Gasteiger partial charge in [-0.2, -0.15) is 13.2 Å². The number of ether oxygens (including phenoxy) is 1. The van der Waals surface area contributed by atoms with Crippen molar-refractivity contribution in [3.05, 3.63) is 54.0 Å². The average Bonchev–Trinajstić information content (AvgIpc) is 3.46. The first-order chi connectivity index (χ1) is 15.3. The number of carbonyl (C=O) groups excluding carboxylic acids is 1. The van der Waals surface area contributed by atoms with Crippen LogP contribution < -0.4 is 9.64 Å². The molecule has 0 spiro atoms. The first-order valence-corrected chi connectivity index (χ1v) is 10.5. The Morgan fingerprint density at radius 1 is 1.06 bits per heavy atom. The zero-order valence-electron chi connectivity index (χ0n) is 17.4. The van der Waals surface area contributed by atoms with Gasteiger partial charge in [-0.3, -0.25) is 9.20 Å². The van der Waals surface area contributed by atoms with Gasteiger partial charge in [0.1, 0.15) is 5.75 Å². The van der Waals surface area contributed by atoms with Gasteiger partial charge < -0.3 is 14.5 Å². The van der Waals surface area contributed by atoms with Crippen LogP contribution in [0.3, 0.4) is 0 Å². The lowest BCUT2D eigenvalue weighted by Crippen LogP contribution is -2.34. The summed E-state index contributed by atoms with van der Waals surface area (Å²) in [6.45, 7) is 4.30. The van der Waals surface area contributed by atoms with Crippen molar-refractivity contribution in [2.24, 2.45) is 11.8 Å². The Hall–Kier alpha value is -3.30. The highest BCUT2D eigenvalue weighted by atomic mass is 19.4. The van der Waals surface area contributed by atoms with Crippen LogP contribution in [0.5, 0.6) is 5.75 Å². The average molecular weight is 445 g/mol. The number of fused-ring (bicyclic) bond motifs is 2. The third-order valence-electron chi connectivity index (χ3n) is 6.20. The molecule has 2 atom stereocenters. The SMILES string of the molecule is CCOc1ccc2nnc(C(=O)N3C[C@@H]4CN(c5ccccc5C(F)(F)F)C[C@@H]4C3)n2c1. The van der Waals surface area contributed by atoms with Crippen molar-refractivity contribution in [1.29, 1.82) is 0 Å². The second-order valence-corrected chi connectivity index (χ2v) is 8.20. The molecule has 10 heteroatoms. The molecule has 0 unspecified atom stereocenters. The number of halogens is 3. The molecule has 0 bridgehead atoms. The Balaban J connectivity index is 1.32. The number of anilines is 1. The number of aromatic nitrogens is 3. The molecule has 32 heavy (non-hydrogen) atoms. The van der Waals surface area contributed by atoms with E-state index >= 15 is 0 Å². The van der Waals surface area contributed by atoms with E-state index in [9.17, 15) is 18.0 Å². The van der Waals surface area contributed by atoms with Crippen LogP contribution in [0.25, 0.3) is 5.65 Å². The maximum Gasteiger partial charge on any atom is 0.418 e. The van der Waals surface area contributed by atoms with Crippen molar-refractivity contribution in [3.63, 3.8) is 0 Å². The Labute approximate surface area is 182 Å². The maximum atomic E-state index is 13.4. The van der Waals surface area contributed by atoms with Gasteiger partial charge in [-0.05, 0) is 31.2 Å². The number of hydrogen-bond acceptors (Lipinski definition) is 5. The van der Waals surface area contributed by atoms with Crippen molar-refractivity contribution in [3.8, 4) is 5.75 Å². The molecule has 4 heterocycles. The molecule has 3 aromatic rings. The van der Waals surface area contributed by atoms with Crippen LogP contribution in [0.2, 0.25) is 0 Å². The molecule has 0 N–H and O–H groups in total. The Morgan fingerprint density at radius 2 is 1.78 bits per heavy atom. The van der Waals surface area contributed by atoms with E-state index in [2.05, 4.69) is 10.2 Å². The normalized spacial score (nSPS) is 20.8. The van der Waals surface area contributed by atoms with Gasteiger partial charge >= 0.3 is 6.18 Å². The summed E-state index contributed by atoms with van der Waals surface area (Å²) in [5.41, 5.74) is 0.137. The quantitative estimate of drug-likeness (QED) is 0.616. The third kappa shape index (κ3) is 3.53. The van der Waals surface area contributed by atoms with E-state index in [1.165, 1.54) is 12.1 Å². The first-order valence-electron chi connectivity index (χ1n) is 10.5. The fourth-order valence-electron chi connectivity index (χ4n) is 4.76. The minimum atomic E-state index is -4.40. The van der Waals surface area contributed by atoms with Gasteiger partial charge in [0.05, 0.1) is 18.4 Å². The number of nitrogens with zero attached hydrogens (tertiary/aromatic N) is 5. The predicted molar refractivity (Wildman–Crippen MR) is 111 cm³/mol. The summed E-state index contributed by atoms with van der Waals surface area (Å²) in [7, 11) is 0. The Morgan fingerprint density at radius 3 is 2.47 bits per heavy atom. The number of alkyl halides is 3. The lowest BCUT2D eigenvalue weighted by atomic mass is 10.0. The molecular formula is C22H22F3N5O2. The van der Waals surface area contributed by atoms with Crippen molar-refractivity contribution in [2.75, 3.05) is 37.7 Å². The zero-order valence-corrected chi connectivity index (χ0v) is 17.4. The number of likely N-dealkylation sites (tertiary alicyclic amines) is 1. The van der Waals surface area contributed by atoms with E-state index in [0.29, 0.717) is 44.2 Å². The topological polar surface area (TPSA) is 63.0 Å². The Kier molecular flexibility index (Phi) is 4.94. The van der Waals surface area contributed by atoms with Crippen molar-refractivity contribution in [2.45, 2.75) is 13.1 Å². The summed E-state index contributed by atoms with van der Waals surface area (Å²) in [6, 6.07) is 9.18. The van der Waals surface area contributed by atoms with E-state index < -0.39 is 11.7 Å². The standard InChI is InChI=1S/C22H22F3N5O2/c1-2-32-16-7-8-19-26-27-20(30(19)13-16)21(31)29-11-14-9-28(10-15(14)12-29)18-6-4-3-5-17(18)22(23,24)25/h3-8,13-15H,2,9-12H2,1H3/t14-,15+. The van der Waals surface area contributed by atoms with Crippen molar-refractivity contribution >= 4 is 17.2 Å². The molecule has 0 aliphatic carbocycles. The van der Waals surface area contributed by atoms with E-state index in [-0.39, 0.29) is 29.3 Å². The summed E-state index contributed by atoms with van der Waals surface area (Å²) >= 11 is 0. The number of hydrogen-bond donors (Lipinski definition) is 0. The monoisotopic (exact) mass is 445 g/mol. The summed E-state index contributed by atoms with van der Waals surface area (Å²) in [5, 5.41) is 8.13. The molecule has 2 fully saturated rings. The molecule has 1 aromatic carbocycles. The summed E-state index contributed by atoms with van der Waals surface area (Å²) in [6.07, 6.45) is -2.70. The van der Waals surface area contributed by atoms with Crippen LogP contribution in [0.15, 0.2) is 42.6 Å². The highest BCUT2D eigenvalue weighted by molar-refractivity contribution is 5.91. The predicted octanol–water partition coefficient (Wildman–Crippen LogP) is 3.36. The van der Waals surface area contributed by atoms with E-state index in [0.717, 1.165) is 6.07 Å². The second kappa shape index (κ2) is 7.68. The van der Waals surface area contributed by atoms with Crippen LogP contribution in [-0.4, -0.2) is 58.2 Å². The van der Waals surface area contributed by atoms with Crippen LogP contribution in [0, 0.1) is 11.8 Å². The number of para-hydroxylation sites is 1. The van der Waals surface area contributed by atoms with Gasteiger partial charge in [0.2, 0.25) is 5.82 Å². The van der Waals surface area contributed by atoms with Crippen LogP contribution >= 0.6 is 0 Å². The second-order valence-electron chi connectivity index (χ2n) is 8.20. The van der Waals surface area contributed by atoms with Crippen molar-refractivity contribution in [1.82, 2.24) is 19.5 Å². The lowest BCUT2D eigenvalue weighted by Gasteiger charge is -2.25. The third-order valence-corrected chi connectivity index (χ3v) is 6.20. The maximum absolute atomic E-state index is 13.4. The molecule has 2 aliphatic rings. The van der Waals surface area contributed by atoms with Crippen LogP contribution in [0.1, 0.15) is 23.1 Å². The number of amides is 1. The van der Waals surface area contributed by atoms with Gasteiger partial charge in [-0.15, -0.1) is 10.2 Å². The van der Waals surface area contributed by atoms with Gasteiger partial charge in [0, 0.05) is 43.7 Å². The summed E-state index contributed by atoms with van der Waals surface area (Å²) in [5.74, 6) is 0.812. The molecular weight excluding hydrogens is 423 g/mol. The molecule has 2 aromatic heterocycles. The fraction of sp³-hybridized carbons (Fsp3) is 0.409. The number of benzene rings is 1. The lowest BCUT2D eigenvalue weighted by molar-refractivity contribution is -0.137. The molecule has 1 amide bonds. The molecule has 0 saturated carbocycles. The van der Waals surface area contributed by atoms with E-state index in [1.54, 1.807) is 38.6 Å². The molecule has 7 nitrogen and oxygen atoms in total. The highest BCUT2D eigenvalue weighted by Crippen LogP contribution is 2.41. The fourth-order valence-corrected chi connectivity index (χ4v) is 4.76. The minimum Gasteiger partial charge on any atom is -0.492 e. The largest absolute Gasteiger partial charge is 0.492 e. The smallest absolute Gasteiger partial charge is 0.418 e. The first kappa shape index (κ1) is 20.6. The number of carbonyl (C=O) groups is 1. The molecule has 2 aliphatic heterocycles. The number of pyridine rings is 1. The zero-order chi connectivity index (χ0) is 22.5. The minimum absolute atomic E-state index is 0.110. The highest BCUT2D eigenvalue weighted by Gasteiger charge is 2.44.